The number of hydrogen-bond acceptors (Lipinski definition) is 5. The Bertz CT molecular complexity index is 469. The fraction of sp³-hybridized carbons (Fsp3) is 0.364. The van der Waals surface area contributed by atoms with Crippen molar-refractivity contribution in [1.29, 1.82) is 0 Å². The average Bonchev–Trinajstić information content (AvgIpc) is 2.82. The lowest BCUT2D eigenvalue weighted by Crippen LogP contribution is -2.18. The smallest absolute Gasteiger partial charge is 0.130 e. The third-order valence-electron chi connectivity index (χ3n) is 2.87. The highest BCUT2D eigenvalue weighted by Gasteiger charge is 2.21. The standard InChI is InChI=1S/C11H12N4S/c1-3-8-4-2-6-12-11(8)9(5-1)14-10-7-13-15-16-10/h2,4,6-7,9,14H,1,3,5H2. The van der Waals surface area contributed by atoms with E-state index in [4.69, 9.17) is 0 Å². The molecule has 2 aromatic heterocycles. The monoisotopic (exact) mass is 232 g/mol. The Hall–Kier alpha value is -1.49. The Labute approximate surface area is 97.9 Å². The van der Waals surface area contributed by atoms with Crippen LogP contribution in [0.5, 0.6) is 0 Å². The van der Waals surface area contributed by atoms with Gasteiger partial charge >= 0.3 is 0 Å². The third-order valence-corrected chi connectivity index (χ3v) is 3.47. The minimum Gasteiger partial charge on any atom is -0.366 e. The predicted octanol–water partition coefficient (Wildman–Crippen LogP) is 2.42. The molecule has 2 aromatic rings. The molecule has 2 heterocycles. The van der Waals surface area contributed by atoms with Crippen molar-refractivity contribution in [1.82, 2.24) is 14.6 Å². The molecule has 16 heavy (non-hydrogen) atoms. The van der Waals surface area contributed by atoms with Crippen molar-refractivity contribution in [2.24, 2.45) is 0 Å². The maximum Gasteiger partial charge on any atom is 0.130 e. The zero-order valence-corrected chi connectivity index (χ0v) is 9.57. The molecule has 82 valence electrons. The maximum absolute atomic E-state index is 4.48. The summed E-state index contributed by atoms with van der Waals surface area (Å²) in [5, 5.41) is 8.29. The van der Waals surface area contributed by atoms with Crippen molar-refractivity contribution in [3.8, 4) is 0 Å². The van der Waals surface area contributed by atoms with Gasteiger partial charge in [0.25, 0.3) is 0 Å². The number of rotatable bonds is 2. The minimum atomic E-state index is 0.312. The lowest BCUT2D eigenvalue weighted by molar-refractivity contribution is 0.584. The molecule has 0 aromatic carbocycles. The summed E-state index contributed by atoms with van der Waals surface area (Å²) >= 11 is 1.39. The van der Waals surface area contributed by atoms with Crippen LogP contribution in [0.3, 0.4) is 0 Å². The number of anilines is 1. The van der Waals surface area contributed by atoms with E-state index >= 15 is 0 Å². The first-order chi connectivity index (χ1) is 7.93. The van der Waals surface area contributed by atoms with Gasteiger partial charge < -0.3 is 5.32 Å². The second-order valence-electron chi connectivity index (χ2n) is 3.92. The molecule has 1 unspecified atom stereocenters. The fourth-order valence-electron chi connectivity index (χ4n) is 2.15. The van der Waals surface area contributed by atoms with Crippen molar-refractivity contribution in [3.63, 3.8) is 0 Å². The molecule has 0 spiro atoms. The number of nitrogens with zero attached hydrogens (tertiary/aromatic N) is 3. The van der Waals surface area contributed by atoms with E-state index in [1.165, 1.54) is 29.2 Å². The summed E-state index contributed by atoms with van der Waals surface area (Å²) < 4.78 is 3.85. The van der Waals surface area contributed by atoms with Crippen LogP contribution in [0.1, 0.15) is 30.1 Å². The number of aromatic nitrogens is 3. The normalized spacial score (nSPS) is 19.1. The first kappa shape index (κ1) is 9.72. The average molecular weight is 232 g/mol. The van der Waals surface area contributed by atoms with Gasteiger partial charge in [-0.05, 0) is 30.9 Å². The van der Waals surface area contributed by atoms with Crippen molar-refractivity contribution >= 4 is 16.5 Å². The number of aryl methyl sites for hydroxylation is 1. The second kappa shape index (κ2) is 4.17. The number of pyridine rings is 1. The van der Waals surface area contributed by atoms with Gasteiger partial charge in [0.05, 0.1) is 17.9 Å². The van der Waals surface area contributed by atoms with E-state index in [0.29, 0.717) is 6.04 Å². The van der Waals surface area contributed by atoms with Crippen LogP contribution in [0.15, 0.2) is 24.5 Å². The summed E-state index contributed by atoms with van der Waals surface area (Å²) in [5.41, 5.74) is 2.55. The molecular weight excluding hydrogens is 220 g/mol. The van der Waals surface area contributed by atoms with Crippen LogP contribution in [0.25, 0.3) is 0 Å². The largest absolute Gasteiger partial charge is 0.366 e. The molecule has 0 fully saturated rings. The topological polar surface area (TPSA) is 50.7 Å². The Morgan fingerprint density at radius 1 is 1.44 bits per heavy atom. The molecule has 1 aliphatic carbocycles. The molecule has 1 aliphatic rings. The highest BCUT2D eigenvalue weighted by atomic mass is 32.1. The quantitative estimate of drug-likeness (QED) is 0.864. The van der Waals surface area contributed by atoms with E-state index in [9.17, 15) is 0 Å². The second-order valence-corrected chi connectivity index (χ2v) is 4.70. The van der Waals surface area contributed by atoms with E-state index in [1.54, 1.807) is 6.20 Å². The zero-order chi connectivity index (χ0) is 10.8. The highest BCUT2D eigenvalue weighted by Crippen LogP contribution is 2.31. The third kappa shape index (κ3) is 1.78. The van der Waals surface area contributed by atoms with Crippen LogP contribution in [-0.2, 0) is 6.42 Å². The molecule has 1 atom stereocenters. The summed E-state index contributed by atoms with van der Waals surface area (Å²) in [6.45, 7) is 0. The van der Waals surface area contributed by atoms with Crippen LogP contribution < -0.4 is 5.32 Å². The first-order valence-corrected chi connectivity index (χ1v) is 6.18. The lowest BCUT2D eigenvalue weighted by atomic mass is 9.92. The Balaban J connectivity index is 1.87. The Morgan fingerprint density at radius 3 is 3.31 bits per heavy atom. The summed E-state index contributed by atoms with van der Waals surface area (Å²) in [5.74, 6) is 0. The summed E-state index contributed by atoms with van der Waals surface area (Å²) in [6.07, 6.45) is 7.11. The van der Waals surface area contributed by atoms with E-state index in [-0.39, 0.29) is 0 Å². The van der Waals surface area contributed by atoms with Crippen molar-refractivity contribution < 1.29 is 0 Å². The van der Waals surface area contributed by atoms with Crippen LogP contribution in [0.4, 0.5) is 5.00 Å². The van der Waals surface area contributed by atoms with Crippen molar-refractivity contribution in [2.75, 3.05) is 5.32 Å². The van der Waals surface area contributed by atoms with Gasteiger partial charge in [0.15, 0.2) is 0 Å². The van der Waals surface area contributed by atoms with Crippen molar-refractivity contribution in [2.45, 2.75) is 25.3 Å². The van der Waals surface area contributed by atoms with Crippen LogP contribution in [0, 0.1) is 0 Å². The molecule has 0 bridgehead atoms. The van der Waals surface area contributed by atoms with E-state index in [1.807, 2.05) is 12.3 Å². The summed E-state index contributed by atoms with van der Waals surface area (Å²) in [4.78, 5) is 4.48. The predicted molar refractivity (Wildman–Crippen MR) is 63.4 cm³/mol. The van der Waals surface area contributed by atoms with Crippen LogP contribution in [0.2, 0.25) is 0 Å². The molecule has 1 N–H and O–H groups in total. The molecule has 0 radical (unpaired) electrons. The number of fused-ring (bicyclic) bond motifs is 1. The molecule has 0 saturated carbocycles. The molecule has 4 nitrogen and oxygen atoms in total. The van der Waals surface area contributed by atoms with Gasteiger partial charge in [-0.25, -0.2) is 0 Å². The van der Waals surface area contributed by atoms with Gasteiger partial charge in [-0.15, -0.1) is 5.10 Å². The minimum absolute atomic E-state index is 0.312. The van der Waals surface area contributed by atoms with Crippen LogP contribution >= 0.6 is 11.5 Å². The van der Waals surface area contributed by atoms with E-state index < -0.39 is 0 Å². The molecule has 0 saturated heterocycles. The molecular formula is C11H12N4S. The first-order valence-electron chi connectivity index (χ1n) is 5.41. The number of nitrogens with one attached hydrogen (secondary N) is 1. The summed E-state index contributed by atoms with van der Waals surface area (Å²) in [7, 11) is 0. The van der Waals surface area contributed by atoms with Gasteiger partial charge in [-0.1, -0.05) is 10.6 Å². The molecule has 0 aliphatic heterocycles. The maximum atomic E-state index is 4.48. The van der Waals surface area contributed by atoms with Gasteiger partial charge in [-0.3, -0.25) is 4.98 Å². The molecule has 3 rings (SSSR count). The Kier molecular flexibility index (Phi) is 2.53. The molecule has 5 heteroatoms. The van der Waals surface area contributed by atoms with Gasteiger partial charge in [0.2, 0.25) is 0 Å². The van der Waals surface area contributed by atoms with E-state index in [2.05, 4.69) is 26.0 Å². The van der Waals surface area contributed by atoms with Crippen LogP contribution in [-0.4, -0.2) is 14.6 Å². The zero-order valence-electron chi connectivity index (χ0n) is 8.76. The fourth-order valence-corrected chi connectivity index (χ4v) is 2.62. The SMILES string of the molecule is c1cnc2c(c1)CCCC2Nc1cnns1. The van der Waals surface area contributed by atoms with E-state index in [0.717, 1.165) is 17.8 Å². The summed E-state index contributed by atoms with van der Waals surface area (Å²) in [6, 6.07) is 4.49. The highest BCUT2D eigenvalue weighted by molar-refractivity contribution is 7.09. The van der Waals surface area contributed by atoms with Gasteiger partial charge in [0, 0.05) is 17.7 Å². The lowest BCUT2D eigenvalue weighted by Gasteiger charge is -2.24. The van der Waals surface area contributed by atoms with Crippen molar-refractivity contribution in [3.05, 3.63) is 35.8 Å². The molecule has 0 amide bonds. The Morgan fingerprint density at radius 2 is 2.44 bits per heavy atom. The number of hydrogen-bond donors (Lipinski definition) is 1. The van der Waals surface area contributed by atoms with Gasteiger partial charge in [-0.2, -0.15) is 0 Å². The van der Waals surface area contributed by atoms with Gasteiger partial charge in [0.1, 0.15) is 5.00 Å².